The molecule has 0 radical (unpaired) electrons. The van der Waals surface area contributed by atoms with Gasteiger partial charge in [0.25, 0.3) is 5.91 Å². The van der Waals surface area contributed by atoms with Gasteiger partial charge in [-0.2, -0.15) is 0 Å². The highest BCUT2D eigenvalue weighted by atomic mass is 16.2. The van der Waals surface area contributed by atoms with Crippen LogP contribution in [0.15, 0.2) is 12.1 Å². The maximum Gasteiger partial charge on any atom is 0.254 e. The van der Waals surface area contributed by atoms with Crippen molar-refractivity contribution in [2.24, 2.45) is 0 Å². The van der Waals surface area contributed by atoms with Gasteiger partial charge in [-0.25, -0.2) is 4.98 Å². The van der Waals surface area contributed by atoms with E-state index in [9.17, 15) is 4.79 Å². The van der Waals surface area contributed by atoms with E-state index >= 15 is 0 Å². The minimum absolute atomic E-state index is 0.0112. The van der Waals surface area contributed by atoms with Gasteiger partial charge in [0.2, 0.25) is 0 Å². The van der Waals surface area contributed by atoms with Crippen LogP contribution in [0.3, 0.4) is 0 Å². The predicted octanol–water partition coefficient (Wildman–Crippen LogP) is 3.05. The molecule has 0 unspecified atom stereocenters. The summed E-state index contributed by atoms with van der Waals surface area (Å²) in [5.74, 6) is 0.639. The molecule has 1 rings (SSSR count). The molecule has 0 saturated heterocycles. The van der Waals surface area contributed by atoms with Gasteiger partial charge in [-0.05, 0) is 38.3 Å². The third kappa shape index (κ3) is 3.46. The molecule has 19 heavy (non-hydrogen) atoms. The number of nitrogens with zero attached hydrogens (tertiary/aromatic N) is 2. The van der Waals surface area contributed by atoms with E-state index in [4.69, 9.17) is 5.73 Å². The van der Waals surface area contributed by atoms with Gasteiger partial charge in [0.15, 0.2) is 0 Å². The van der Waals surface area contributed by atoms with E-state index in [-0.39, 0.29) is 17.4 Å². The number of rotatable bonds is 4. The number of nitrogen functional groups attached to an aromatic ring is 1. The van der Waals surface area contributed by atoms with Crippen molar-refractivity contribution in [3.05, 3.63) is 23.4 Å². The first-order valence-corrected chi connectivity index (χ1v) is 6.74. The molecule has 4 heteroatoms. The standard InChI is InChI=1S/C15H25N3O/c1-7-15(4,5)18(6)14(19)11-8-12(10(2)3)17-13(16)9-11/h8-10H,7H2,1-6H3,(H2,16,17). The van der Waals surface area contributed by atoms with Crippen LogP contribution in [0.5, 0.6) is 0 Å². The van der Waals surface area contributed by atoms with Crippen molar-refractivity contribution in [1.82, 2.24) is 9.88 Å². The minimum atomic E-state index is -0.174. The first kappa shape index (κ1) is 15.5. The minimum Gasteiger partial charge on any atom is -0.384 e. The molecule has 0 atom stereocenters. The van der Waals surface area contributed by atoms with Crippen LogP contribution in [0.1, 0.15) is 63.0 Å². The highest BCUT2D eigenvalue weighted by molar-refractivity contribution is 5.95. The summed E-state index contributed by atoms with van der Waals surface area (Å²) in [7, 11) is 1.83. The zero-order chi connectivity index (χ0) is 14.8. The number of aromatic nitrogens is 1. The Morgan fingerprint density at radius 1 is 1.42 bits per heavy atom. The van der Waals surface area contributed by atoms with Gasteiger partial charge in [0.05, 0.1) is 0 Å². The van der Waals surface area contributed by atoms with E-state index in [1.54, 1.807) is 11.0 Å². The molecule has 0 aliphatic heterocycles. The Balaban J connectivity index is 3.13. The highest BCUT2D eigenvalue weighted by Crippen LogP contribution is 2.22. The third-order valence-corrected chi connectivity index (χ3v) is 3.78. The maximum atomic E-state index is 12.5. The predicted molar refractivity (Wildman–Crippen MR) is 79.2 cm³/mol. The summed E-state index contributed by atoms with van der Waals surface area (Å²) in [6.07, 6.45) is 0.896. The molecule has 0 aromatic carbocycles. The average molecular weight is 263 g/mol. The van der Waals surface area contributed by atoms with Crippen molar-refractivity contribution in [3.8, 4) is 0 Å². The molecule has 0 aliphatic rings. The van der Waals surface area contributed by atoms with Crippen LogP contribution >= 0.6 is 0 Å². The molecule has 0 bridgehead atoms. The molecular formula is C15H25N3O. The van der Waals surface area contributed by atoms with Crippen LogP contribution in [0.4, 0.5) is 5.82 Å². The third-order valence-electron chi connectivity index (χ3n) is 3.78. The Morgan fingerprint density at radius 2 is 2.00 bits per heavy atom. The number of pyridine rings is 1. The van der Waals surface area contributed by atoms with Crippen LogP contribution < -0.4 is 5.73 Å². The van der Waals surface area contributed by atoms with Gasteiger partial charge < -0.3 is 10.6 Å². The van der Waals surface area contributed by atoms with E-state index in [2.05, 4.69) is 25.8 Å². The lowest BCUT2D eigenvalue weighted by molar-refractivity contribution is 0.0620. The second-order valence-corrected chi connectivity index (χ2v) is 5.89. The molecule has 2 N–H and O–H groups in total. The molecule has 0 spiro atoms. The number of amides is 1. The monoisotopic (exact) mass is 263 g/mol. The summed E-state index contributed by atoms with van der Waals surface area (Å²) in [6, 6.07) is 3.49. The Morgan fingerprint density at radius 3 is 2.47 bits per heavy atom. The van der Waals surface area contributed by atoms with Crippen molar-refractivity contribution < 1.29 is 4.79 Å². The fourth-order valence-corrected chi connectivity index (χ4v) is 1.70. The zero-order valence-electron chi connectivity index (χ0n) is 12.8. The van der Waals surface area contributed by atoms with E-state index in [0.29, 0.717) is 11.4 Å². The first-order valence-electron chi connectivity index (χ1n) is 6.74. The molecule has 0 fully saturated rings. The van der Waals surface area contributed by atoms with Crippen molar-refractivity contribution in [2.75, 3.05) is 12.8 Å². The van der Waals surface area contributed by atoms with Gasteiger partial charge in [-0.3, -0.25) is 4.79 Å². The Hall–Kier alpha value is -1.58. The molecule has 4 nitrogen and oxygen atoms in total. The van der Waals surface area contributed by atoms with Crippen molar-refractivity contribution in [3.63, 3.8) is 0 Å². The molecule has 106 valence electrons. The average Bonchev–Trinajstić information content (AvgIpc) is 2.36. The molecular weight excluding hydrogens is 238 g/mol. The van der Waals surface area contributed by atoms with Crippen LogP contribution in [-0.4, -0.2) is 28.4 Å². The van der Waals surface area contributed by atoms with Gasteiger partial charge >= 0.3 is 0 Å². The Kier molecular flexibility index (Phi) is 4.56. The maximum absolute atomic E-state index is 12.5. The Labute approximate surface area is 116 Å². The quantitative estimate of drug-likeness (QED) is 0.908. The van der Waals surface area contributed by atoms with E-state index in [0.717, 1.165) is 12.1 Å². The molecule has 0 aliphatic carbocycles. The van der Waals surface area contributed by atoms with Gasteiger partial charge in [-0.15, -0.1) is 0 Å². The number of nitrogens with two attached hydrogens (primary N) is 1. The summed E-state index contributed by atoms with van der Waals surface area (Å²) in [5, 5.41) is 0. The second-order valence-electron chi connectivity index (χ2n) is 5.89. The summed E-state index contributed by atoms with van der Waals surface area (Å²) in [5.41, 5.74) is 7.09. The number of hydrogen-bond acceptors (Lipinski definition) is 3. The van der Waals surface area contributed by atoms with Crippen LogP contribution in [0.25, 0.3) is 0 Å². The lowest BCUT2D eigenvalue weighted by atomic mass is 9.98. The second kappa shape index (κ2) is 5.59. The van der Waals surface area contributed by atoms with Crippen molar-refractivity contribution >= 4 is 11.7 Å². The highest BCUT2D eigenvalue weighted by Gasteiger charge is 2.27. The number of carbonyl (C=O) groups excluding carboxylic acids is 1. The smallest absolute Gasteiger partial charge is 0.254 e. The summed E-state index contributed by atoms with van der Waals surface area (Å²) in [6.45, 7) is 10.3. The fraction of sp³-hybridized carbons (Fsp3) is 0.600. The SMILES string of the molecule is CCC(C)(C)N(C)C(=O)c1cc(N)nc(C(C)C)c1. The molecule has 1 aromatic heterocycles. The first-order chi connectivity index (χ1) is 8.69. The molecule has 1 aromatic rings. The lowest BCUT2D eigenvalue weighted by Crippen LogP contribution is -2.44. The number of anilines is 1. The van der Waals surface area contributed by atoms with Crippen LogP contribution in [0, 0.1) is 0 Å². The molecule has 1 heterocycles. The topological polar surface area (TPSA) is 59.2 Å². The Bertz CT molecular complexity index is 466. The van der Waals surface area contributed by atoms with E-state index in [1.165, 1.54) is 0 Å². The molecule has 1 amide bonds. The van der Waals surface area contributed by atoms with Gasteiger partial charge in [-0.1, -0.05) is 20.8 Å². The number of hydrogen-bond donors (Lipinski definition) is 1. The normalized spacial score (nSPS) is 11.7. The summed E-state index contributed by atoms with van der Waals surface area (Å²) >= 11 is 0. The summed E-state index contributed by atoms with van der Waals surface area (Å²) in [4.78, 5) is 18.6. The lowest BCUT2D eigenvalue weighted by Gasteiger charge is -2.35. The van der Waals surface area contributed by atoms with Gasteiger partial charge in [0.1, 0.15) is 5.82 Å². The number of carbonyl (C=O) groups is 1. The fourth-order valence-electron chi connectivity index (χ4n) is 1.70. The van der Waals surface area contributed by atoms with E-state index < -0.39 is 0 Å². The van der Waals surface area contributed by atoms with E-state index in [1.807, 2.05) is 27.0 Å². The molecule has 0 saturated carbocycles. The van der Waals surface area contributed by atoms with Crippen LogP contribution in [0.2, 0.25) is 0 Å². The van der Waals surface area contributed by atoms with Crippen molar-refractivity contribution in [1.29, 1.82) is 0 Å². The zero-order valence-corrected chi connectivity index (χ0v) is 12.8. The summed E-state index contributed by atoms with van der Waals surface area (Å²) < 4.78 is 0. The largest absolute Gasteiger partial charge is 0.384 e. The van der Waals surface area contributed by atoms with Gasteiger partial charge in [0, 0.05) is 23.8 Å². The van der Waals surface area contributed by atoms with Crippen molar-refractivity contribution in [2.45, 2.75) is 52.5 Å². The van der Waals surface area contributed by atoms with Crippen LogP contribution in [-0.2, 0) is 0 Å².